The molecule has 20 heavy (non-hydrogen) atoms. The number of aromatic nitrogens is 3. The maximum Gasteiger partial charge on any atom is 0.221 e. The van der Waals surface area contributed by atoms with E-state index < -0.39 is 0 Å². The van der Waals surface area contributed by atoms with Crippen molar-refractivity contribution in [2.24, 2.45) is 16.6 Å². The third-order valence-electron chi connectivity index (χ3n) is 3.25. The fourth-order valence-corrected chi connectivity index (χ4v) is 2.13. The van der Waals surface area contributed by atoms with E-state index in [9.17, 15) is 0 Å². The van der Waals surface area contributed by atoms with Gasteiger partial charge in [-0.05, 0) is 24.7 Å². The van der Waals surface area contributed by atoms with E-state index in [1.807, 2.05) is 18.2 Å². The van der Waals surface area contributed by atoms with Gasteiger partial charge >= 0.3 is 0 Å². The summed E-state index contributed by atoms with van der Waals surface area (Å²) in [5.74, 6) is 1.09. The summed E-state index contributed by atoms with van der Waals surface area (Å²) in [4.78, 5) is 9.35. The maximum absolute atomic E-state index is 5.64. The summed E-state index contributed by atoms with van der Waals surface area (Å²) >= 11 is 0. The van der Waals surface area contributed by atoms with Crippen LogP contribution in [0.3, 0.4) is 0 Å². The molecule has 0 saturated heterocycles. The molecule has 8 nitrogen and oxygen atoms in total. The summed E-state index contributed by atoms with van der Waals surface area (Å²) in [6, 6.07) is 5.70. The monoisotopic (exact) mass is 275 g/mol. The fourth-order valence-electron chi connectivity index (χ4n) is 2.13. The molecule has 8 heteroatoms. The van der Waals surface area contributed by atoms with Crippen molar-refractivity contribution in [1.29, 1.82) is 0 Å². The van der Waals surface area contributed by atoms with Crippen molar-refractivity contribution in [2.45, 2.75) is 0 Å². The number of nitrogens with one attached hydrogen (secondary N) is 2. The molecule has 0 bridgehead atoms. The molecule has 0 fully saturated rings. The van der Waals surface area contributed by atoms with Gasteiger partial charge in [-0.2, -0.15) is 4.68 Å². The van der Waals surface area contributed by atoms with Gasteiger partial charge in [0.05, 0.1) is 18.3 Å². The Bertz CT molecular complexity index is 636. The molecule has 1 aromatic carbocycles. The van der Waals surface area contributed by atoms with E-state index in [1.54, 1.807) is 11.8 Å². The number of hydrogen-bond acceptors (Lipinski definition) is 7. The molecule has 4 N–H and O–H groups in total. The third-order valence-corrected chi connectivity index (χ3v) is 3.25. The van der Waals surface area contributed by atoms with Gasteiger partial charge in [0, 0.05) is 19.0 Å². The zero-order chi connectivity index (χ0) is 13.9. The minimum atomic E-state index is 0.381. The van der Waals surface area contributed by atoms with E-state index in [0.29, 0.717) is 25.0 Å². The first-order valence-corrected chi connectivity index (χ1v) is 6.45. The summed E-state index contributed by atoms with van der Waals surface area (Å²) in [5, 5.41) is 11.5. The van der Waals surface area contributed by atoms with Crippen LogP contribution < -0.4 is 16.5 Å². The first-order valence-electron chi connectivity index (χ1n) is 6.45. The number of rotatable bonds is 3. The van der Waals surface area contributed by atoms with Crippen LogP contribution in [0.2, 0.25) is 0 Å². The Balaban J connectivity index is 1.91. The molecule has 0 aliphatic carbocycles. The van der Waals surface area contributed by atoms with Crippen molar-refractivity contribution < 1.29 is 4.84 Å². The smallest absolute Gasteiger partial charge is 0.221 e. The molecule has 1 aliphatic heterocycles. The highest BCUT2D eigenvalue weighted by Crippen LogP contribution is 2.17. The van der Waals surface area contributed by atoms with E-state index in [2.05, 4.69) is 26.1 Å². The zero-order valence-corrected chi connectivity index (χ0v) is 11.2. The van der Waals surface area contributed by atoms with E-state index >= 15 is 0 Å². The van der Waals surface area contributed by atoms with E-state index in [0.717, 1.165) is 23.3 Å². The van der Waals surface area contributed by atoms with Gasteiger partial charge < -0.3 is 11.1 Å². The lowest BCUT2D eigenvalue weighted by molar-refractivity contribution is 0.271. The highest BCUT2D eigenvalue weighted by Gasteiger charge is 2.17. The van der Waals surface area contributed by atoms with Crippen molar-refractivity contribution in [1.82, 2.24) is 20.3 Å². The first-order chi connectivity index (χ1) is 9.81. The second-order valence-electron chi connectivity index (χ2n) is 4.66. The van der Waals surface area contributed by atoms with Crippen molar-refractivity contribution in [2.75, 3.05) is 32.2 Å². The van der Waals surface area contributed by atoms with Crippen LogP contribution in [0.4, 0.5) is 5.69 Å². The van der Waals surface area contributed by atoms with Gasteiger partial charge in [-0.3, -0.25) is 15.3 Å². The van der Waals surface area contributed by atoms with E-state index in [4.69, 9.17) is 10.6 Å². The summed E-state index contributed by atoms with van der Waals surface area (Å²) in [5.41, 5.74) is 10.9. The fraction of sp³-hybridized carbons (Fsp3) is 0.417. The SMILES string of the molecule is CONc1ccc2c(c1)nnn2C1=NCC(CN)CN1. The van der Waals surface area contributed by atoms with Crippen LogP contribution in [-0.4, -0.2) is 47.7 Å². The second-order valence-corrected chi connectivity index (χ2v) is 4.66. The Morgan fingerprint density at radius 2 is 2.45 bits per heavy atom. The van der Waals surface area contributed by atoms with Gasteiger partial charge in [-0.25, -0.2) is 0 Å². The molecule has 106 valence electrons. The zero-order valence-electron chi connectivity index (χ0n) is 11.2. The first kappa shape index (κ1) is 12.8. The molecular weight excluding hydrogens is 258 g/mol. The van der Waals surface area contributed by atoms with Gasteiger partial charge in [-0.15, -0.1) is 5.10 Å². The van der Waals surface area contributed by atoms with Crippen LogP contribution in [0.25, 0.3) is 11.0 Å². The summed E-state index contributed by atoms with van der Waals surface area (Å²) < 4.78 is 1.71. The van der Waals surface area contributed by atoms with E-state index in [-0.39, 0.29) is 0 Å². The summed E-state index contributed by atoms with van der Waals surface area (Å²) in [6.07, 6.45) is 0. The van der Waals surface area contributed by atoms with E-state index in [1.165, 1.54) is 0 Å². The number of aliphatic imine (C=N–C) groups is 1. The molecule has 1 aromatic heterocycles. The highest BCUT2D eigenvalue weighted by atomic mass is 16.6. The van der Waals surface area contributed by atoms with Crippen LogP contribution in [0, 0.1) is 5.92 Å². The lowest BCUT2D eigenvalue weighted by Crippen LogP contribution is -2.42. The second kappa shape index (κ2) is 5.43. The van der Waals surface area contributed by atoms with Crippen LogP contribution in [0.1, 0.15) is 0 Å². The van der Waals surface area contributed by atoms with Gasteiger partial charge in [0.25, 0.3) is 0 Å². The van der Waals surface area contributed by atoms with Crippen LogP contribution in [0.15, 0.2) is 23.2 Å². The van der Waals surface area contributed by atoms with Crippen LogP contribution >= 0.6 is 0 Å². The van der Waals surface area contributed by atoms with Gasteiger partial charge in [-0.1, -0.05) is 5.21 Å². The Labute approximate surface area is 115 Å². The summed E-state index contributed by atoms with van der Waals surface area (Å²) in [6.45, 7) is 2.15. The van der Waals surface area contributed by atoms with Crippen molar-refractivity contribution >= 4 is 22.7 Å². The molecule has 0 amide bonds. The maximum atomic E-state index is 5.64. The number of benzene rings is 1. The molecule has 3 rings (SSSR count). The number of hydrogen-bond donors (Lipinski definition) is 3. The Morgan fingerprint density at radius 3 is 3.15 bits per heavy atom. The lowest BCUT2D eigenvalue weighted by atomic mass is 10.1. The standard InChI is InChI=1S/C12H17N7O/c1-20-17-9-2-3-11-10(4-9)16-18-19(11)12-14-6-8(5-13)7-15-12/h2-4,8,17H,5-7,13H2,1H3,(H,14,15). The van der Waals surface area contributed by atoms with Gasteiger partial charge in [0.1, 0.15) is 5.52 Å². The lowest BCUT2D eigenvalue weighted by Gasteiger charge is -2.21. The van der Waals surface area contributed by atoms with Gasteiger partial charge in [0.2, 0.25) is 5.96 Å². The minimum Gasteiger partial charge on any atom is -0.354 e. The average molecular weight is 275 g/mol. The number of anilines is 1. The molecule has 1 atom stereocenters. The predicted molar refractivity (Wildman–Crippen MR) is 76.4 cm³/mol. The number of nitrogens with two attached hydrogens (primary N) is 1. The highest BCUT2D eigenvalue weighted by molar-refractivity contribution is 5.92. The molecule has 1 unspecified atom stereocenters. The predicted octanol–water partition coefficient (Wildman–Crippen LogP) is -0.213. The topological polar surface area (TPSA) is 102 Å². The Morgan fingerprint density at radius 1 is 1.55 bits per heavy atom. The van der Waals surface area contributed by atoms with Crippen LogP contribution in [-0.2, 0) is 4.84 Å². The molecular formula is C12H17N7O. The Kier molecular flexibility index (Phi) is 3.48. The normalized spacial score (nSPS) is 18.7. The van der Waals surface area contributed by atoms with Gasteiger partial charge in [0.15, 0.2) is 0 Å². The number of fused-ring (bicyclic) bond motifs is 1. The van der Waals surface area contributed by atoms with Crippen molar-refractivity contribution in [3.8, 4) is 0 Å². The molecule has 0 radical (unpaired) electrons. The Hall–Kier alpha value is -2.19. The van der Waals surface area contributed by atoms with Crippen molar-refractivity contribution in [3.05, 3.63) is 18.2 Å². The van der Waals surface area contributed by atoms with Crippen LogP contribution in [0.5, 0.6) is 0 Å². The molecule has 2 aromatic rings. The average Bonchev–Trinajstić information content (AvgIpc) is 2.91. The number of nitrogens with zero attached hydrogens (tertiary/aromatic N) is 4. The minimum absolute atomic E-state index is 0.381. The quantitative estimate of drug-likeness (QED) is 0.670. The molecule has 0 spiro atoms. The van der Waals surface area contributed by atoms with Crippen molar-refractivity contribution in [3.63, 3.8) is 0 Å². The molecule has 1 aliphatic rings. The molecule has 2 heterocycles. The third kappa shape index (κ3) is 2.30. The largest absolute Gasteiger partial charge is 0.354 e. The summed E-state index contributed by atoms with van der Waals surface area (Å²) in [7, 11) is 1.57. The molecule has 0 saturated carbocycles.